The predicted molar refractivity (Wildman–Crippen MR) is 107 cm³/mol. The van der Waals surface area contributed by atoms with E-state index >= 15 is 0 Å². The van der Waals surface area contributed by atoms with Crippen LogP contribution in [0, 0.1) is 0 Å². The Morgan fingerprint density at radius 1 is 1.22 bits per heavy atom. The average molecular weight is 408 g/mol. The van der Waals surface area contributed by atoms with Crippen LogP contribution in [0.2, 0.25) is 10.0 Å². The van der Waals surface area contributed by atoms with E-state index in [4.69, 9.17) is 27.9 Å². The molecule has 1 aliphatic rings. The summed E-state index contributed by atoms with van der Waals surface area (Å²) in [6, 6.07) is 9.91. The Kier molecular flexibility index (Phi) is 6.08. The minimum Gasteiger partial charge on any atom is -0.494 e. The van der Waals surface area contributed by atoms with Gasteiger partial charge in [-0.2, -0.15) is 0 Å². The highest BCUT2D eigenvalue weighted by atomic mass is 35.5. The summed E-state index contributed by atoms with van der Waals surface area (Å²) in [6.45, 7) is 0.934. The van der Waals surface area contributed by atoms with Crippen molar-refractivity contribution in [2.75, 3.05) is 23.9 Å². The number of carbonyl (C=O) groups excluding carboxylic acids is 2. The second kappa shape index (κ2) is 8.50. The average Bonchev–Trinajstić information content (AvgIpc) is 3.06. The zero-order chi connectivity index (χ0) is 19.4. The van der Waals surface area contributed by atoms with Gasteiger partial charge in [-0.1, -0.05) is 29.3 Å². The van der Waals surface area contributed by atoms with Gasteiger partial charge in [0, 0.05) is 41.3 Å². The summed E-state index contributed by atoms with van der Waals surface area (Å²) < 4.78 is 5.39. The summed E-state index contributed by atoms with van der Waals surface area (Å²) in [5.74, 6) is 0.607. The van der Waals surface area contributed by atoms with Gasteiger partial charge in [0.05, 0.1) is 12.8 Å². The van der Waals surface area contributed by atoms with Crippen LogP contribution >= 0.6 is 23.2 Å². The van der Waals surface area contributed by atoms with Gasteiger partial charge >= 0.3 is 6.03 Å². The van der Waals surface area contributed by atoms with Gasteiger partial charge in [-0.15, -0.1) is 0 Å². The maximum atomic E-state index is 12.2. The van der Waals surface area contributed by atoms with Crippen LogP contribution in [0.4, 0.5) is 16.2 Å². The Bertz CT molecular complexity index is 873. The molecule has 6 nitrogen and oxygen atoms in total. The number of urea groups is 1. The Morgan fingerprint density at radius 2 is 2.04 bits per heavy atom. The third kappa shape index (κ3) is 4.64. The maximum absolute atomic E-state index is 12.2. The number of anilines is 2. The molecule has 2 aromatic carbocycles. The van der Waals surface area contributed by atoms with Crippen molar-refractivity contribution >= 4 is 46.5 Å². The first-order chi connectivity index (χ1) is 13.0. The van der Waals surface area contributed by atoms with E-state index in [-0.39, 0.29) is 18.5 Å². The fourth-order valence-corrected chi connectivity index (χ4v) is 3.37. The summed E-state index contributed by atoms with van der Waals surface area (Å²) in [5, 5.41) is 6.51. The fraction of sp³-hybridized carbons (Fsp3) is 0.263. The van der Waals surface area contributed by atoms with Gasteiger partial charge in [-0.05, 0) is 36.2 Å². The van der Waals surface area contributed by atoms with Gasteiger partial charge in [-0.25, -0.2) is 4.79 Å². The number of hydrogen-bond donors (Lipinski definition) is 2. The molecule has 1 fully saturated rings. The van der Waals surface area contributed by atoms with Crippen molar-refractivity contribution in [2.24, 2.45) is 0 Å². The van der Waals surface area contributed by atoms with Crippen LogP contribution in [-0.4, -0.2) is 25.6 Å². The van der Waals surface area contributed by atoms with Crippen LogP contribution in [0.3, 0.4) is 0 Å². The molecule has 2 aromatic rings. The van der Waals surface area contributed by atoms with Crippen molar-refractivity contribution in [3.8, 4) is 5.75 Å². The number of amides is 3. The smallest absolute Gasteiger partial charge is 0.319 e. The highest BCUT2D eigenvalue weighted by molar-refractivity contribution is 6.35. The van der Waals surface area contributed by atoms with E-state index < -0.39 is 0 Å². The number of carbonyl (C=O) groups is 2. The predicted octanol–water partition coefficient (Wildman–Crippen LogP) is 4.45. The Balaban J connectivity index is 1.64. The molecule has 0 atom stereocenters. The maximum Gasteiger partial charge on any atom is 0.319 e. The lowest BCUT2D eigenvalue weighted by molar-refractivity contribution is -0.117. The molecule has 3 rings (SSSR count). The molecule has 27 heavy (non-hydrogen) atoms. The molecule has 1 saturated heterocycles. The van der Waals surface area contributed by atoms with Gasteiger partial charge in [0.2, 0.25) is 5.91 Å². The number of ether oxygens (including phenoxy) is 1. The number of methoxy groups -OCH3 is 1. The van der Waals surface area contributed by atoms with Crippen LogP contribution in [0.1, 0.15) is 18.4 Å². The van der Waals surface area contributed by atoms with E-state index in [1.807, 2.05) is 0 Å². The standard InChI is InChI=1S/C19H19Cl2N3O3/c1-27-17-10-14(6-7-16(17)24-8-2-3-18(24)25)23-19(26)22-11-12-4-5-13(20)9-15(12)21/h4-7,9-10H,2-3,8,11H2,1H3,(H2,22,23,26). The lowest BCUT2D eigenvalue weighted by atomic mass is 10.2. The van der Waals surface area contributed by atoms with Crippen molar-refractivity contribution in [1.29, 1.82) is 0 Å². The zero-order valence-corrected chi connectivity index (χ0v) is 16.2. The van der Waals surface area contributed by atoms with Crippen LogP contribution in [0.15, 0.2) is 36.4 Å². The molecule has 1 aliphatic heterocycles. The van der Waals surface area contributed by atoms with Crippen molar-refractivity contribution in [1.82, 2.24) is 5.32 Å². The zero-order valence-electron chi connectivity index (χ0n) is 14.7. The second-order valence-electron chi connectivity index (χ2n) is 6.08. The molecule has 2 N–H and O–H groups in total. The topological polar surface area (TPSA) is 70.7 Å². The lowest BCUT2D eigenvalue weighted by Crippen LogP contribution is -2.28. The number of nitrogens with zero attached hydrogens (tertiary/aromatic N) is 1. The SMILES string of the molecule is COc1cc(NC(=O)NCc2ccc(Cl)cc2Cl)ccc1N1CCCC1=O. The van der Waals surface area contributed by atoms with Crippen molar-refractivity contribution < 1.29 is 14.3 Å². The number of nitrogens with one attached hydrogen (secondary N) is 2. The van der Waals surface area contributed by atoms with E-state index in [9.17, 15) is 9.59 Å². The number of halogens is 2. The summed E-state index contributed by atoms with van der Waals surface area (Å²) in [4.78, 5) is 25.8. The van der Waals surface area contributed by atoms with E-state index in [2.05, 4.69) is 10.6 Å². The minimum atomic E-state index is -0.381. The van der Waals surface area contributed by atoms with Gasteiger partial charge in [-0.3, -0.25) is 4.79 Å². The normalized spacial score (nSPS) is 13.6. The molecule has 0 aromatic heterocycles. The first kappa shape index (κ1) is 19.3. The molecule has 1 heterocycles. The molecule has 0 bridgehead atoms. The van der Waals surface area contributed by atoms with Crippen LogP contribution in [0.25, 0.3) is 0 Å². The third-order valence-electron chi connectivity index (χ3n) is 4.26. The van der Waals surface area contributed by atoms with E-state index in [0.29, 0.717) is 40.1 Å². The fourth-order valence-electron chi connectivity index (χ4n) is 2.90. The number of hydrogen-bond acceptors (Lipinski definition) is 3. The number of rotatable bonds is 5. The molecule has 3 amide bonds. The summed E-state index contributed by atoms with van der Waals surface area (Å²) in [6.07, 6.45) is 1.37. The second-order valence-corrected chi connectivity index (χ2v) is 6.92. The Labute approximate surface area is 167 Å². The first-order valence-electron chi connectivity index (χ1n) is 8.45. The van der Waals surface area contributed by atoms with Gasteiger partial charge < -0.3 is 20.3 Å². The summed E-state index contributed by atoms with van der Waals surface area (Å²) in [7, 11) is 1.53. The first-order valence-corrected chi connectivity index (χ1v) is 9.20. The van der Waals surface area contributed by atoms with Gasteiger partial charge in [0.25, 0.3) is 0 Å². The highest BCUT2D eigenvalue weighted by Gasteiger charge is 2.24. The summed E-state index contributed by atoms with van der Waals surface area (Å²) in [5.41, 5.74) is 2.03. The molecule has 0 unspecified atom stereocenters. The molecule has 142 valence electrons. The minimum absolute atomic E-state index is 0.0756. The molecular weight excluding hydrogens is 389 g/mol. The Hall–Kier alpha value is -2.44. The van der Waals surface area contributed by atoms with Crippen LogP contribution < -0.4 is 20.3 Å². The lowest BCUT2D eigenvalue weighted by Gasteiger charge is -2.19. The molecule has 0 radical (unpaired) electrons. The van der Waals surface area contributed by atoms with Crippen LogP contribution in [0.5, 0.6) is 5.75 Å². The molecular formula is C19H19Cl2N3O3. The largest absolute Gasteiger partial charge is 0.494 e. The van der Waals surface area contributed by atoms with Crippen molar-refractivity contribution in [3.63, 3.8) is 0 Å². The highest BCUT2D eigenvalue weighted by Crippen LogP contribution is 2.33. The molecule has 0 aliphatic carbocycles. The molecule has 0 saturated carbocycles. The Morgan fingerprint density at radius 3 is 2.70 bits per heavy atom. The van der Waals surface area contributed by atoms with Crippen molar-refractivity contribution in [2.45, 2.75) is 19.4 Å². The molecule has 0 spiro atoms. The third-order valence-corrected chi connectivity index (χ3v) is 4.84. The molecule has 8 heteroatoms. The van der Waals surface area contributed by atoms with E-state index in [1.54, 1.807) is 41.3 Å². The van der Waals surface area contributed by atoms with Crippen molar-refractivity contribution in [3.05, 3.63) is 52.0 Å². The van der Waals surface area contributed by atoms with E-state index in [0.717, 1.165) is 12.0 Å². The van der Waals surface area contributed by atoms with Gasteiger partial charge in [0.15, 0.2) is 0 Å². The monoisotopic (exact) mass is 407 g/mol. The number of benzene rings is 2. The van der Waals surface area contributed by atoms with E-state index in [1.165, 1.54) is 7.11 Å². The van der Waals surface area contributed by atoms with Crippen LogP contribution in [-0.2, 0) is 11.3 Å². The summed E-state index contributed by atoms with van der Waals surface area (Å²) >= 11 is 12.0. The van der Waals surface area contributed by atoms with Gasteiger partial charge in [0.1, 0.15) is 5.75 Å². The quantitative estimate of drug-likeness (QED) is 0.768.